The highest BCUT2D eigenvalue weighted by atomic mass is 19.1. The fourth-order valence-electron chi connectivity index (χ4n) is 5.07. The molecular formula is C30H42FNO4. The molecule has 198 valence electrons. The number of hydrogen-bond donors (Lipinski definition) is 0. The Labute approximate surface area is 215 Å². The predicted molar refractivity (Wildman–Crippen MR) is 142 cm³/mol. The quantitative estimate of drug-likeness (QED) is 0.214. The minimum absolute atomic E-state index is 0.156. The van der Waals surface area contributed by atoms with Crippen molar-refractivity contribution in [3.8, 4) is 5.75 Å². The van der Waals surface area contributed by atoms with Crippen LogP contribution in [0.3, 0.4) is 0 Å². The summed E-state index contributed by atoms with van der Waals surface area (Å²) in [5, 5.41) is 0. The summed E-state index contributed by atoms with van der Waals surface area (Å²) in [6, 6.07) is 13.4. The van der Waals surface area contributed by atoms with Crippen molar-refractivity contribution in [1.29, 1.82) is 0 Å². The normalized spacial score (nSPS) is 16.6. The number of benzene rings is 2. The maximum Gasteiger partial charge on any atom is 0.307 e. The first-order valence-electron chi connectivity index (χ1n) is 13.4. The molecule has 5 nitrogen and oxygen atoms in total. The molecule has 0 spiro atoms. The molecule has 2 aromatic rings. The Kier molecular flexibility index (Phi) is 11.5. The summed E-state index contributed by atoms with van der Waals surface area (Å²) in [5.74, 6) is 0.885. The fourth-order valence-corrected chi connectivity index (χ4v) is 5.07. The number of aryl methyl sites for hydroxylation is 1. The highest BCUT2D eigenvalue weighted by molar-refractivity contribution is 5.71. The first-order valence-corrected chi connectivity index (χ1v) is 13.4. The molecule has 2 aromatic carbocycles. The van der Waals surface area contributed by atoms with Crippen molar-refractivity contribution in [2.75, 3.05) is 38.9 Å². The Morgan fingerprint density at radius 3 is 2.61 bits per heavy atom. The molecule has 0 bridgehead atoms. The van der Waals surface area contributed by atoms with Crippen LogP contribution in [0.4, 0.5) is 10.1 Å². The summed E-state index contributed by atoms with van der Waals surface area (Å²) in [5.41, 5.74) is 3.55. The second-order valence-electron chi connectivity index (χ2n) is 9.68. The van der Waals surface area contributed by atoms with Gasteiger partial charge in [0, 0.05) is 37.6 Å². The molecule has 1 aliphatic rings. The molecule has 1 saturated heterocycles. The molecule has 2 atom stereocenters. The Bertz CT molecular complexity index is 933. The summed E-state index contributed by atoms with van der Waals surface area (Å²) in [6.45, 7) is 4.61. The highest BCUT2D eigenvalue weighted by Gasteiger charge is 2.26. The number of carbonyl (C=O) groups excluding carboxylic acids is 1. The van der Waals surface area contributed by atoms with E-state index in [1.807, 2.05) is 12.1 Å². The van der Waals surface area contributed by atoms with Gasteiger partial charge in [0.05, 0.1) is 20.6 Å². The van der Waals surface area contributed by atoms with Crippen molar-refractivity contribution in [3.63, 3.8) is 0 Å². The third kappa shape index (κ3) is 8.51. The topological polar surface area (TPSA) is 48.0 Å². The summed E-state index contributed by atoms with van der Waals surface area (Å²) >= 11 is 0. The second-order valence-corrected chi connectivity index (χ2v) is 9.68. The lowest BCUT2D eigenvalue weighted by Gasteiger charge is -2.37. The van der Waals surface area contributed by atoms with Crippen LogP contribution in [0, 0.1) is 5.82 Å². The number of nitrogens with zero attached hydrogens (tertiary/aromatic N) is 1. The van der Waals surface area contributed by atoms with E-state index in [1.165, 1.54) is 30.4 Å². The second kappa shape index (κ2) is 14.8. The molecule has 0 amide bonds. The smallest absolute Gasteiger partial charge is 0.307 e. The average Bonchev–Trinajstić information content (AvgIpc) is 2.91. The molecule has 36 heavy (non-hydrogen) atoms. The van der Waals surface area contributed by atoms with Crippen LogP contribution in [-0.2, 0) is 20.7 Å². The lowest BCUT2D eigenvalue weighted by Crippen LogP contribution is -2.41. The molecule has 0 radical (unpaired) electrons. The number of piperidine rings is 1. The molecular weight excluding hydrogens is 457 g/mol. The Morgan fingerprint density at radius 2 is 1.89 bits per heavy atom. The van der Waals surface area contributed by atoms with Crippen LogP contribution in [0.15, 0.2) is 42.5 Å². The molecule has 2 unspecified atom stereocenters. The molecule has 0 aliphatic carbocycles. The van der Waals surface area contributed by atoms with Gasteiger partial charge in [-0.2, -0.15) is 0 Å². The van der Waals surface area contributed by atoms with E-state index in [4.69, 9.17) is 14.2 Å². The number of methoxy groups -OCH3 is 2. The molecule has 0 saturated carbocycles. The van der Waals surface area contributed by atoms with Crippen LogP contribution in [0.1, 0.15) is 75.3 Å². The summed E-state index contributed by atoms with van der Waals surface area (Å²) in [6.07, 6.45) is 8.60. The van der Waals surface area contributed by atoms with E-state index in [0.717, 1.165) is 82.6 Å². The minimum atomic E-state index is -0.187. The Hall–Kier alpha value is -2.60. The largest absolute Gasteiger partial charge is 0.497 e. The average molecular weight is 500 g/mol. The Morgan fingerprint density at radius 1 is 1.08 bits per heavy atom. The zero-order valence-electron chi connectivity index (χ0n) is 22.1. The zero-order chi connectivity index (χ0) is 25.8. The van der Waals surface area contributed by atoms with Gasteiger partial charge in [-0.3, -0.25) is 4.79 Å². The van der Waals surface area contributed by atoms with Gasteiger partial charge in [-0.1, -0.05) is 19.1 Å². The maximum atomic E-state index is 13.0. The number of carbonyl (C=O) groups is 1. The molecule has 0 aromatic heterocycles. The van der Waals surface area contributed by atoms with Crippen LogP contribution in [0.25, 0.3) is 0 Å². The number of unbranched alkanes of at least 4 members (excludes halogenated alkanes) is 1. The number of ether oxygens (including phenoxy) is 3. The lowest BCUT2D eigenvalue weighted by molar-refractivity contribution is -0.141. The van der Waals surface area contributed by atoms with Crippen LogP contribution < -0.4 is 9.64 Å². The number of esters is 1. The molecule has 3 rings (SSSR count). The first kappa shape index (κ1) is 28.0. The van der Waals surface area contributed by atoms with Crippen molar-refractivity contribution in [1.82, 2.24) is 0 Å². The van der Waals surface area contributed by atoms with Crippen molar-refractivity contribution in [2.24, 2.45) is 0 Å². The molecule has 1 heterocycles. The van der Waals surface area contributed by atoms with Gasteiger partial charge < -0.3 is 19.1 Å². The molecule has 6 heteroatoms. The van der Waals surface area contributed by atoms with Gasteiger partial charge in [0.15, 0.2) is 0 Å². The van der Waals surface area contributed by atoms with E-state index in [2.05, 4.69) is 30.0 Å². The van der Waals surface area contributed by atoms with Crippen molar-refractivity contribution in [3.05, 3.63) is 59.4 Å². The van der Waals surface area contributed by atoms with Gasteiger partial charge in [0.25, 0.3) is 0 Å². The van der Waals surface area contributed by atoms with Crippen molar-refractivity contribution >= 4 is 11.7 Å². The van der Waals surface area contributed by atoms with Gasteiger partial charge >= 0.3 is 5.97 Å². The van der Waals surface area contributed by atoms with E-state index >= 15 is 0 Å². The summed E-state index contributed by atoms with van der Waals surface area (Å²) in [7, 11) is 3.17. The van der Waals surface area contributed by atoms with E-state index in [1.54, 1.807) is 7.11 Å². The van der Waals surface area contributed by atoms with Crippen LogP contribution in [0.2, 0.25) is 0 Å². The van der Waals surface area contributed by atoms with Crippen molar-refractivity contribution < 1.29 is 23.4 Å². The third-order valence-corrected chi connectivity index (χ3v) is 7.23. The summed E-state index contributed by atoms with van der Waals surface area (Å²) < 4.78 is 29.6. The van der Waals surface area contributed by atoms with Crippen LogP contribution in [0.5, 0.6) is 5.75 Å². The lowest BCUT2D eigenvalue weighted by atomic mass is 9.91. The number of rotatable bonds is 14. The van der Waals surface area contributed by atoms with Gasteiger partial charge in [-0.05, 0) is 92.7 Å². The highest BCUT2D eigenvalue weighted by Crippen LogP contribution is 2.35. The van der Waals surface area contributed by atoms with E-state index in [0.29, 0.717) is 12.3 Å². The first-order chi connectivity index (χ1) is 17.5. The van der Waals surface area contributed by atoms with Crippen LogP contribution in [-0.4, -0.2) is 46.0 Å². The molecule has 1 aliphatic heterocycles. The Balaban J connectivity index is 1.53. The molecule has 0 N–H and O–H groups in total. The number of anilines is 1. The van der Waals surface area contributed by atoms with Gasteiger partial charge in [-0.15, -0.1) is 0 Å². The van der Waals surface area contributed by atoms with Gasteiger partial charge in [-0.25, -0.2) is 4.39 Å². The van der Waals surface area contributed by atoms with Crippen LogP contribution >= 0.6 is 0 Å². The molecule has 1 fully saturated rings. The zero-order valence-corrected chi connectivity index (χ0v) is 22.1. The minimum Gasteiger partial charge on any atom is -0.497 e. The SMILES string of the molecule is CCC(CCOCCCCc1ccc(F)cc1)c1cc(OC)cc(N2CCCCC2CC(=O)OC)c1. The number of hydrogen-bond acceptors (Lipinski definition) is 5. The van der Waals surface area contributed by atoms with E-state index in [9.17, 15) is 9.18 Å². The maximum absolute atomic E-state index is 13.0. The number of halogens is 1. The van der Waals surface area contributed by atoms with E-state index in [-0.39, 0.29) is 17.8 Å². The standard InChI is InChI=1S/C30H42FNO4/c1-4-24(15-18-36-17-8-6-9-23-11-13-26(31)14-12-23)25-19-28(21-29(20-25)34-2)32-16-7-5-10-27(32)22-30(33)35-3/h11-14,19-21,24,27H,4-10,15-18,22H2,1-3H3. The van der Waals surface area contributed by atoms with Gasteiger partial charge in [0.1, 0.15) is 11.6 Å². The van der Waals surface area contributed by atoms with E-state index < -0.39 is 0 Å². The predicted octanol–water partition coefficient (Wildman–Crippen LogP) is 6.68. The third-order valence-electron chi connectivity index (χ3n) is 7.23. The summed E-state index contributed by atoms with van der Waals surface area (Å²) in [4.78, 5) is 14.4. The van der Waals surface area contributed by atoms with Crippen molar-refractivity contribution in [2.45, 2.75) is 76.7 Å². The fraction of sp³-hybridized carbons (Fsp3) is 0.567. The monoisotopic (exact) mass is 499 g/mol. The van der Waals surface area contributed by atoms with Gasteiger partial charge in [0.2, 0.25) is 0 Å².